The zero-order chi connectivity index (χ0) is 11.5. The second-order valence-corrected chi connectivity index (χ2v) is 5.42. The number of carboxylic acid groups (broad SMARTS) is 1. The minimum absolute atomic E-state index is 0.245. The quantitative estimate of drug-likeness (QED) is 0.580. The predicted molar refractivity (Wildman–Crippen MR) is 67.5 cm³/mol. The van der Waals surface area contributed by atoms with Crippen molar-refractivity contribution in [1.82, 2.24) is 0 Å². The van der Waals surface area contributed by atoms with E-state index in [-0.39, 0.29) is 5.25 Å². The van der Waals surface area contributed by atoms with Crippen molar-refractivity contribution in [2.24, 2.45) is 0 Å². The van der Waals surface area contributed by atoms with Crippen LogP contribution >= 0.6 is 11.8 Å². The van der Waals surface area contributed by atoms with Gasteiger partial charge in [0.25, 0.3) is 0 Å². The number of unbranched alkanes of at least 4 members (excludes halogenated alkanes) is 6. The molecule has 0 rings (SSSR count). The molecular formula is C12H24O2S. The Labute approximate surface area is 97.8 Å². The predicted octanol–water partition coefficient (Wildman–Crippen LogP) is 3.94. The van der Waals surface area contributed by atoms with E-state index < -0.39 is 5.97 Å². The van der Waals surface area contributed by atoms with Gasteiger partial charge in [0, 0.05) is 0 Å². The maximum atomic E-state index is 10.5. The fourth-order valence-corrected chi connectivity index (χ4v) is 2.26. The van der Waals surface area contributed by atoms with Crippen molar-refractivity contribution >= 4 is 17.7 Å². The minimum atomic E-state index is -0.692. The average Bonchev–Trinajstić information content (AvgIpc) is 2.21. The summed E-state index contributed by atoms with van der Waals surface area (Å²) in [6, 6.07) is 0. The summed E-state index contributed by atoms with van der Waals surface area (Å²) in [6.07, 6.45) is 9.07. The Morgan fingerprint density at radius 2 is 1.67 bits per heavy atom. The zero-order valence-electron chi connectivity index (χ0n) is 10.00. The monoisotopic (exact) mass is 232 g/mol. The van der Waals surface area contributed by atoms with Crippen LogP contribution in [0.3, 0.4) is 0 Å². The summed E-state index contributed by atoms with van der Waals surface area (Å²) >= 11 is 1.55. The maximum Gasteiger partial charge on any atom is 0.316 e. The highest BCUT2D eigenvalue weighted by atomic mass is 32.2. The molecule has 0 bridgehead atoms. The number of thioether (sulfide) groups is 1. The van der Waals surface area contributed by atoms with Crippen LogP contribution in [-0.2, 0) is 4.79 Å². The van der Waals surface area contributed by atoms with Gasteiger partial charge in [-0.25, -0.2) is 0 Å². The second kappa shape index (κ2) is 10.3. The molecule has 0 aliphatic heterocycles. The lowest BCUT2D eigenvalue weighted by Gasteiger charge is -2.05. The molecular weight excluding hydrogens is 208 g/mol. The van der Waals surface area contributed by atoms with E-state index >= 15 is 0 Å². The average molecular weight is 232 g/mol. The zero-order valence-corrected chi connectivity index (χ0v) is 10.8. The molecule has 90 valence electrons. The maximum absolute atomic E-state index is 10.5. The van der Waals surface area contributed by atoms with Crippen LogP contribution in [0.2, 0.25) is 0 Å². The molecule has 1 atom stereocenters. The molecule has 0 spiro atoms. The van der Waals surface area contributed by atoms with E-state index in [2.05, 4.69) is 6.92 Å². The molecule has 3 heteroatoms. The van der Waals surface area contributed by atoms with Gasteiger partial charge in [0.2, 0.25) is 0 Å². The molecule has 0 radical (unpaired) electrons. The minimum Gasteiger partial charge on any atom is -0.480 e. The van der Waals surface area contributed by atoms with Crippen LogP contribution in [0.4, 0.5) is 0 Å². The SMILES string of the molecule is CCCCCCCCCSC(C)C(=O)O. The highest BCUT2D eigenvalue weighted by Crippen LogP contribution is 2.14. The third-order valence-electron chi connectivity index (χ3n) is 2.46. The van der Waals surface area contributed by atoms with Crippen LogP contribution < -0.4 is 0 Å². The number of rotatable bonds is 10. The first-order valence-electron chi connectivity index (χ1n) is 6.03. The lowest BCUT2D eigenvalue weighted by Crippen LogP contribution is -2.11. The lowest BCUT2D eigenvalue weighted by molar-refractivity contribution is -0.136. The van der Waals surface area contributed by atoms with Gasteiger partial charge in [-0.15, -0.1) is 11.8 Å². The Hall–Kier alpha value is -0.180. The highest BCUT2D eigenvalue weighted by Gasteiger charge is 2.09. The van der Waals surface area contributed by atoms with Crippen molar-refractivity contribution in [3.05, 3.63) is 0 Å². The van der Waals surface area contributed by atoms with Crippen LogP contribution in [0.25, 0.3) is 0 Å². The molecule has 0 aromatic heterocycles. The molecule has 0 aliphatic carbocycles. The Balaban J connectivity index is 3.08. The summed E-state index contributed by atoms with van der Waals surface area (Å²) in [4.78, 5) is 10.5. The fraction of sp³-hybridized carbons (Fsp3) is 0.917. The fourth-order valence-electron chi connectivity index (χ4n) is 1.39. The molecule has 0 aliphatic rings. The van der Waals surface area contributed by atoms with Gasteiger partial charge in [0.15, 0.2) is 0 Å². The van der Waals surface area contributed by atoms with Crippen molar-refractivity contribution in [1.29, 1.82) is 0 Å². The van der Waals surface area contributed by atoms with Gasteiger partial charge < -0.3 is 5.11 Å². The summed E-state index contributed by atoms with van der Waals surface area (Å²) < 4.78 is 0. The van der Waals surface area contributed by atoms with E-state index in [0.717, 1.165) is 12.2 Å². The number of carbonyl (C=O) groups is 1. The van der Waals surface area contributed by atoms with Crippen LogP contribution in [-0.4, -0.2) is 22.1 Å². The van der Waals surface area contributed by atoms with Crippen molar-refractivity contribution in [3.8, 4) is 0 Å². The Bertz CT molecular complexity index is 160. The highest BCUT2D eigenvalue weighted by molar-refractivity contribution is 8.00. The van der Waals surface area contributed by atoms with E-state index in [0.29, 0.717) is 0 Å². The third kappa shape index (κ3) is 10.1. The smallest absolute Gasteiger partial charge is 0.316 e. The Morgan fingerprint density at radius 3 is 2.20 bits per heavy atom. The lowest BCUT2D eigenvalue weighted by atomic mass is 10.1. The van der Waals surface area contributed by atoms with Crippen molar-refractivity contribution in [3.63, 3.8) is 0 Å². The molecule has 0 saturated carbocycles. The van der Waals surface area contributed by atoms with Gasteiger partial charge in [-0.3, -0.25) is 4.79 Å². The first-order chi connectivity index (χ1) is 7.18. The summed E-state index contributed by atoms with van der Waals surface area (Å²) in [5.41, 5.74) is 0. The number of hydrogen-bond acceptors (Lipinski definition) is 2. The summed E-state index contributed by atoms with van der Waals surface area (Å²) in [5, 5.41) is 8.42. The van der Waals surface area contributed by atoms with E-state index in [1.165, 1.54) is 38.5 Å². The molecule has 1 unspecified atom stereocenters. The number of aliphatic carboxylic acids is 1. The van der Waals surface area contributed by atoms with Gasteiger partial charge in [-0.1, -0.05) is 45.4 Å². The van der Waals surface area contributed by atoms with Crippen molar-refractivity contribution < 1.29 is 9.90 Å². The van der Waals surface area contributed by atoms with Crippen molar-refractivity contribution in [2.45, 2.75) is 64.0 Å². The summed E-state index contributed by atoms with van der Waals surface area (Å²) in [7, 11) is 0. The molecule has 0 heterocycles. The van der Waals surface area contributed by atoms with Gasteiger partial charge in [-0.2, -0.15) is 0 Å². The van der Waals surface area contributed by atoms with Crippen LogP contribution in [0, 0.1) is 0 Å². The molecule has 2 nitrogen and oxygen atoms in total. The topological polar surface area (TPSA) is 37.3 Å². The molecule has 0 amide bonds. The van der Waals surface area contributed by atoms with Crippen LogP contribution in [0.5, 0.6) is 0 Å². The van der Waals surface area contributed by atoms with Crippen molar-refractivity contribution in [2.75, 3.05) is 5.75 Å². The Kier molecular flexibility index (Phi) is 10.2. The van der Waals surface area contributed by atoms with Crippen LogP contribution in [0.1, 0.15) is 58.8 Å². The summed E-state index contributed by atoms with van der Waals surface area (Å²) in [5.74, 6) is 0.296. The largest absolute Gasteiger partial charge is 0.480 e. The van der Waals surface area contributed by atoms with Gasteiger partial charge in [-0.05, 0) is 19.1 Å². The number of carboxylic acids is 1. The van der Waals surface area contributed by atoms with Crippen LogP contribution in [0.15, 0.2) is 0 Å². The number of hydrogen-bond donors (Lipinski definition) is 1. The van der Waals surface area contributed by atoms with E-state index in [4.69, 9.17) is 5.11 Å². The molecule has 1 N–H and O–H groups in total. The molecule has 0 aromatic rings. The van der Waals surface area contributed by atoms with E-state index in [9.17, 15) is 4.79 Å². The second-order valence-electron chi connectivity index (χ2n) is 3.97. The third-order valence-corrected chi connectivity index (χ3v) is 3.69. The van der Waals surface area contributed by atoms with Gasteiger partial charge in [0.05, 0.1) is 5.25 Å². The standard InChI is InChI=1S/C12H24O2S/c1-3-4-5-6-7-8-9-10-15-11(2)12(13)14/h11H,3-10H2,1-2H3,(H,13,14). The van der Waals surface area contributed by atoms with Gasteiger partial charge >= 0.3 is 5.97 Å². The molecule has 0 saturated heterocycles. The molecule has 15 heavy (non-hydrogen) atoms. The molecule has 0 fully saturated rings. The Morgan fingerprint density at radius 1 is 1.13 bits per heavy atom. The first kappa shape index (κ1) is 14.8. The van der Waals surface area contributed by atoms with E-state index in [1.54, 1.807) is 18.7 Å². The summed E-state index contributed by atoms with van der Waals surface area (Å²) in [6.45, 7) is 3.98. The van der Waals surface area contributed by atoms with Gasteiger partial charge in [0.1, 0.15) is 0 Å². The molecule has 0 aromatic carbocycles. The van der Waals surface area contributed by atoms with E-state index in [1.807, 2.05) is 0 Å². The first-order valence-corrected chi connectivity index (χ1v) is 7.07. The normalized spacial score (nSPS) is 12.7.